The number of nitrogens with zero attached hydrogens (tertiary/aromatic N) is 5. The highest BCUT2D eigenvalue weighted by Gasteiger charge is 2.42. The van der Waals surface area contributed by atoms with Crippen LogP contribution in [0.3, 0.4) is 0 Å². The molecule has 2 fully saturated rings. The van der Waals surface area contributed by atoms with Crippen molar-refractivity contribution in [3.05, 3.63) is 47.5 Å². The van der Waals surface area contributed by atoms with Gasteiger partial charge in [-0.05, 0) is 36.7 Å². The first-order valence-electron chi connectivity index (χ1n) is 13.5. The Morgan fingerprint density at radius 3 is 2.37 bits per heavy atom. The number of halogens is 3. The second-order valence-electron chi connectivity index (χ2n) is 11.1. The SMILES string of the molecule is O=C(CC1(CC(=O)N2CCn3c(nnc3C(F)(F)F)C2)CCCC1)NC1CCN(Cc2ccccc2)CC1. The molecular weight excluding hydrogens is 497 g/mol. The fourth-order valence-electron chi connectivity index (χ4n) is 6.25. The van der Waals surface area contributed by atoms with Crippen molar-refractivity contribution in [3.8, 4) is 0 Å². The van der Waals surface area contributed by atoms with Crippen LogP contribution < -0.4 is 5.32 Å². The van der Waals surface area contributed by atoms with Crippen LogP contribution in [0.5, 0.6) is 0 Å². The van der Waals surface area contributed by atoms with Gasteiger partial charge in [-0.15, -0.1) is 10.2 Å². The number of piperidine rings is 1. The molecule has 1 aromatic carbocycles. The number of carbonyl (C=O) groups excluding carboxylic acids is 2. The summed E-state index contributed by atoms with van der Waals surface area (Å²) in [5.41, 5.74) is 0.898. The summed E-state index contributed by atoms with van der Waals surface area (Å²) in [5.74, 6) is -1.01. The zero-order valence-electron chi connectivity index (χ0n) is 21.6. The predicted octanol–water partition coefficient (Wildman–Crippen LogP) is 3.76. The number of alkyl halides is 3. The second kappa shape index (κ2) is 11.0. The van der Waals surface area contributed by atoms with Gasteiger partial charge < -0.3 is 14.8 Å². The van der Waals surface area contributed by atoms with Crippen LogP contribution in [0.25, 0.3) is 0 Å². The molecule has 11 heteroatoms. The van der Waals surface area contributed by atoms with Crippen molar-refractivity contribution in [1.82, 2.24) is 29.9 Å². The van der Waals surface area contributed by atoms with E-state index in [1.807, 2.05) is 18.2 Å². The third-order valence-electron chi connectivity index (χ3n) is 8.29. The quantitative estimate of drug-likeness (QED) is 0.587. The van der Waals surface area contributed by atoms with Crippen molar-refractivity contribution in [3.63, 3.8) is 0 Å². The van der Waals surface area contributed by atoms with Gasteiger partial charge in [0.25, 0.3) is 0 Å². The average Bonchev–Trinajstić information content (AvgIpc) is 3.52. The van der Waals surface area contributed by atoms with Gasteiger partial charge in [-0.2, -0.15) is 13.2 Å². The van der Waals surface area contributed by atoms with Crippen LogP contribution >= 0.6 is 0 Å². The van der Waals surface area contributed by atoms with Gasteiger partial charge in [-0.25, -0.2) is 0 Å². The number of benzene rings is 1. The van der Waals surface area contributed by atoms with E-state index in [1.54, 1.807) is 4.90 Å². The first-order chi connectivity index (χ1) is 18.2. The molecule has 2 aromatic rings. The number of nitrogens with one attached hydrogen (secondary N) is 1. The molecule has 2 aliphatic heterocycles. The third-order valence-corrected chi connectivity index (χ3v) is 8.29. The number of likely N-dealkylation sites (tertiary alicyclic amines) is 1. The highest BCUT2D eigenvalue weighted by atomic mass is 19.4. The molecule has 1 saturated heterocycles. The smallest absolute Gasteiger partial charge is 0.353 e. The fourth-order valence-corrected chi connectivity index (χ4v) is 6.25. The van der Waals surface area contributed by atoms with Gasteiger partial charge in [0.15, 0.2) is 5.82 Å². The lowest BCUT2D eigenvalue weighted by molar-refractivity contribution is -0.148. The Bertz CT molecular complexity index is 1120. The first-order valence-corrected chi connectivity index (χ1v) is 13.5. The Hall–Kier alpha value is -2.95. The van der Waals surface area contributed by atoms with E-state index in [0.29, 0.717) is 6.42 Å². The van der Waals surface area contributed by atoms with E-state index < -0.39 is 17.4 Å². The molecule has 0 unspecified atom stereocenters. The standard InChI is InChI=1S/C27H35F3N6O2/c28-27(29,30)25-33-32-22-19-35(14-15-36(22)25)24(38)17-26(10-4-5-11-26)16-23(37)31-21-8-12-34(13-9-21)18-20-6-2-1-3-7-20/h1-3,6-7,21H,4-5,8-19H2,(H,31,37). The summed E-state index contributed by atoms with van der Waals surface area (Å²) in [6.45, 7) is 2.97. The largest absolute Gasteiger partial charge is 0.451 e. The molecule has 0 spiro atoms. The fraction of sp³-hybridized carbons (Fsp3) is 0.630. The van der Waals surface area contributed by atoms with Crippen LogP contribution in [0, 0.1) is 5.41 Å². The molecule has 2 amide bonds. The Morgan fingerprint density at radius 2 is 1.68 bits per heavy atom. The number of hydrogen-bond acceptors (Lipinski definition) is 5. The maximum Gasteiger partial charge on any atom is 0.451 e. The van der Waals surface area contributed by atoms with Crippen LogP contribution in [0.2, 0.25) is 0 Å². The van der Waals surface area contributed by atoms with E-state index in [2.05, 4.69) is 32.5 Å². The van der Waals surface area contributed by atoms with Gasteiger partial charge in [0.05, 0.1) is 6.54 Å². The lowest BCUT2D eigenvalue weighted by atomic mass is 9.78. The molecule has 0 radical (unpaired) electrons. The first kappa shape index (κ1) is 26.6. The Kier molecular flexibility index (Phi) is 7.74. The molecule has 0 atom stereocenters. The van der Waals surface area contributed by atoms with Crippen LogP contribution in [0.4, 0.5) is 13.2 Å². The summed E-state index contributed by atoms with van der Waals surface area (Å²) >= 11 is 0. The summed E-state index contributed by atoms with van der Waals surface area (Å²) in [6, 6.07) is 10.5. The molecule has 206 valence electrons. The van der Waals surface area contributed by atoms with E-state index in [-0.39, 0.29) is 49.7 Å². The summed E-state index contributed by atoms with van der Waals surface area (Å²) in [6.07, 6.45) is 1.34. The van der Waals surface area contributed by atoms with E-state index in [9.17, 15) is 22.8 Å². The van der Waals surface area contributed by atoms with Gasteiger partial charge >= 0.3 is 6.18 Å². The Balaban J connectivity index is 1.12. The Labute approximate surface area is 220 Å². The van der Waals surface area contributed by atoms with Crippen molar-refractivity contribution < 1.29 is 22.8 Å². The minimum atomic E-state index is -4.57. The van der Waals surface area contributed by atoms with E-state index in [0.717, 1.165) is 62.7 Å². The normalized spacial score (nSPS) is 20.3. The monoisotopic (exact) mass is 532 g/mol. The number of rotatable bonds is 7. The molecule has 1 N–H and O–H groups in total. The van der Waals surface area contributed by atoms with Crippen molar-refractivity contribution >= 4 is 11.8 Å². The van der Waals surface area contributed by atoms with Crippen LogP contribution in [0.15, 0.2) is 30.3 Å². The molecular formula is C27H35F3N6O2. The van der Waals surface area contributed by atoms with Gasteiger partial charge in [0.1, 0.15) is 0 Å². The van der Waals surface area contributed by atoms with Gasteiger partial charge in [-0.1, -0.05) is 43.2 Å². The maximum absolute atomic E-state index is 13.2. The predicted molar refractivity (Wildman–Crippen MR) is 133 cm³/mol. The van der Waals surface area contributed by atoms with Crippen LogP contribution in [-0.4, -0.2) is 62.1 Å². The van der Waals surface area contributed by atoms with E-state index in [1.165, 1.54) is 5.56 Å². The zero-order chi connectivity index (χ0) is 26.8. The van der Waals surface area contributed by atoms with Crippen LogP contribution in [0.1, 0.15) is 68.6 Å². The summed E-state index contributed by atoms with van der Waals surface area (Å²) < 4.78 is 40.5. The topological polar surface area (TPSA) is 83.4 Å². The maximum atomic E-state index is 13.2. The minimum Gasteiger partial charge on any atom is -0.353 e. The van der Waals surface area contributed by atoms with Crippen LogP contribution in [-0.2, 0) is 35.4 Å². The number of carbonyl (C=O) groups is 2. The molecule has 1 saturated carbocycles. The molecule has 8 nitrogen and oxygen atoms in total. The number of aromatic nitrogens is 3. The van der Waals surface area contributed by atoms with Gasteiger partial charge in [0, 0.05) is 51.6 Å². The summed E-state index contributed by atoms with van der Waals surface area (Å²) in [5, 5.41) is 10.2. The molecule has 1 aromatic heterocycles. The summed E-state index contributed by atoms with van der Waals surface area (Å²) in [4.78, 5) is 30.3. The average molecular weight is 533 g/mol. The van der Waals surface area contributed by atoms with Gasteiger partial charge in [0.2, 0.25) is 17.6 Å². The summed E-state index contributed by atoms with van der Waals surface area (Å²) in [7, 11) is 0. The highest BCUT2D eigenvalue weighted by molar-refractivity contribution is 5.80. The molecule has 3 heterocycles. The third kappa shape index (κ3) is 6.19. The zero-order valence-corrected chi connectivity index (χ0v) is 21.6. The van der Waals surface area contributed by atoms with Crippen molar-refractivity contribution in [1.29, 1.82) is 0 Å². The van der Waals surface area contributed by atoms with Crippen molar-refractivity contribution in [2.45, 2.75) is 83.2 Å². The highest BCUT2D eigenvalue weighted by Crippen LogP contribution is 2.44. The molecule has 1 aliphatic carbocycles. The molecule has 0 bridgehead atoms. The second-order valence-corrected chi connectivity index (χ2v) is 11.1. The molecule has 3 aliphatic rings. The van der Waals surface area contributed by atoms with Gasteiger partial charge in [-0.3, -0.25) is 14.5 Å². The Morgan fingerprint density at radius 1 is 0.974 bits per heavy atom. The number of fused-ring (bicyclic) bond motifs is 1. The molecule has 38 heavy (non-hydrogen) atoms. The van der Waals surface area contributed by atoms with Crippen molar-refractivity contribution in [2.24, 2.45) is 5.41 Å². The lowest BCUT2D eigenvalue weighted by Crippen LogP contribution is -2.46. The van der Waals surface area contributed by atoms with E-state index in [4.69, 9.17) is 0 Å². The molecule has 5 rings (SSSR count). The minimum absolute atomic E-state index is 0.00517. The van der Waals surface area contributed by atoms with E-state index >= 15 is 0 Å². The number of amides is 2. The number of hydrogen-bond donors (Lipinski definition) is 1. The van der Waals surface area contributed by atoms with Crippen molar-refractivity contribution in [2.75, 3.05) is 19.6 Å². The lowest BCUT2D eigenvalue weighted by Gasteiger charge is -2.35.